The molecule has 2 rings (SSSR count). The Balaban J connectivity index is 2.43. The van der Waals surface area contributed by atoms with E-state index in [1.54, 1.807) is 0 Å². The molecule has 0 aromatic heterocycles. The first kappa shape index (κ1) is 10.1. The summed E-state index contributed by atoms with van der Waals surface area (Å²) in [5.41, 5.74) is 5.47. The maximum Gasteiger partial charge on any atom is 0.313 e. The smallest absolute Gasteiger partial charge is 0.313 e. The van der Waals surface area contributed by atoms with Crippen LogP contribution in [0.4, 0.5) is 0 Å². The third kappa shape index (κ3) is 1.99. The molecule has 0 aliphatic carbocycles. The van der Waals surface area contributed by atoms with Gasteiger partial charge in [-0.3, -0.25) is 0 Å². The molecular formula is C13H16BN. The van der Waals surface area contributed by atoms with Crippen molar-refractivity contribution in [2.75, 3.05) is 0 Å². The van der Waals surface area contributed by atoms with Gasteiger partial charge in [0.1, 0.15) is 0 Å². The molecule has 1 aromatic carbocycles. The first-order chi connectivity index (χ1) is 7.18. The van der Waals surface area contributed by atoms with Gasteiger partial charge in [-0.15, -0.1) is 0 Å². The molecule has 1 nitrogen and oxygen atoms in total. The maximum absolute atomic E-state index is 3.37. The van der Waals surface area contributed by atoms with Gasteiger partial charge in [-0.25, -0.2) is 0 Å². The van der Waals surface area contributed by atoms with Gasteiger partial charge < -0.3 is 5.23 Å². The van der Waals surface area contributed by atoms with Gasteiger partial charge in [0.15, 0.2) is 0 Å². The van der Waals surface area contributed by atoms with E-state index in [0.717, 1.165) is 0 Å². The molecule has 1 aromatic rings. The zero-order chi connectivity index (χ0) is 10.8. The Morgan fingerprint density at radius 3 is 2.20 bits per heavy atom. The molecule has 2 heteroatoms. The minimum Gasteiger partial charge on any atom is -0.427 e. The van der Waals surface area contributed by atoms with E-state index in [1.807, 2.05) is 12.3 Å². The summed E-state index contributed by atoms with van der Waals surface area (Å²) < 4.78 is 0. The fraction of sp³-hybridized carbons (Fsp3) is 0.231. The van der Waals surface area contributed by atoms with Crippen LogP contribution < -0.4 is 10.7 Å². The van der Waals surface area contributed by atoms with Crippen LogP contribution in [0.15, 0.2) is 36.5 Å². The van der Waals surface area contributed by atoms with E-state index in [-0.39, 0.29) is 0 Å². The first-order valence-corrected chi connectivity index (χ1v) is 5.35. The normalized spacial score (nSPS) is 14.2. The van der Waals surface area contributed by atoms with E-state index in [1.165, 1.54) is 22.2 Å². The van der Waals surface area contributed by atoms with Crippen molar-refractivity contribution in [1.82, 2.24) is 5.23 Å². The monoisotopic (exact) mass is 197 g/mol. The van der Waals surface area contributed by atoms with Gasteiger partial charge in [-0.1, -0.05) is 40.9 Å². The van der Waals surface area contributed by atoms with Crippen molar-refractivity contribution in [1.29, 1.82) is 0 Å². The zero-order valence-corrected chi connectivity index (χ0v) is 9.54. The Morgan fingerprint density at radius 1 is 1.00 bits per heavy atom. The van der Waals surface area contributed by atoms with E-state index >= 15 is 0 Å². The Morgan fingerprint density at radius 2 is 1.67 bits per heavy atom. The van der Waals surface area contributed by atoms with Gasteiger partial charge in [0.05, 0.1) is 0 Å². The SMILES string of the molecule is Cc1cc(C)c(B2C=CC=CN2)c(C)c1. The summed E-state index contributed by atoms with van der Waals surface area (Å²) in [7, 11) is 0. The molecule has 15 heavy (non-hydrogen) atoms. The summed E-state index contributed by atoms with van der Waals surface area (Å²) in [6.45, 7) is 6.84. The summed E-state index contributed by atoms with van der Waals surface area (Å²) in [5.74, 6) is 2.20. The number of benzene rings is 1. The first-order valence-electron chi connectivity index (χ1n) is 5.35. The van der Waals surface area contributed by atoms with Crippen molar-refractivity contribution in [3.05, 3.63) is 53.2 Å². The second kappa shape index (κ2) is 3.97. The van der Waals surface area contributed by atoms with Gasteiger partial charge in [-0.2, -0.15) is 0 Å². The van der Waals surface area contributed by atoms with Crippen LogP contribution in [0, 0.1) is 20.8 Å². The van der Waals surface area contributed by atoms with E-state index < -0.39 is 0 Å². The predicted octanol–water partition coefficient (Wildman–Crippen LogP) is 2.02. The predicted molar refractivity (Wildman–Crippen MR) is 67.5 cm³/mol. The van der Waals surface area contributed by atoms with Crippen LogP contribution >= 0.6 is 0 Å². The summed E-state index contributed by atoms with van der Waals surface area (Å²) in [4.78, 5) is 0. The Labute approximate surface area is 92.0 Å². The second-order valence-corrected chi connectivity index (χ2v) is 4.20. The molecule has 0 amide bonds. The van der Waals surface area contributed by atoms with Crippen LogP contribution in [0.25, 0.3) is 0 Å². The molecule has 1 heterocycles. The van der Waals surface area contributed by atoms with E-state index in [2.05, 4.69) is 50.2 Å². The van der Waals surface area contributed by atoms with Crippen molar-refractivity contribution >= 4 is 12.3 Å². The lowest BCUT2D eigenvalue weighted by Crippen LogP contribution is -2.44. The van der Waals surface area contributed by atoms with Crippen LogP contribution in [-0.2, 0) is 0 Å². The average molecular weight is 197 g/mol. The molecule has 76 valence electrons. The van der Waals surface area contributed by atoms with Crippen LogP contribution in [0.1, 0.15) is 16.7 Å². The van der Waals surface area contributed by atoms with E-state index in [9.17, 15) is 0 Å². The molecule has 0 bridgehead atoms. The van der Waals surface area contributed by atoms with Gasteiger partial charge >= 0.3 is 6.85 Å². The van der Waals surface area contributed by atoms with Crippen molar-refractivity contribution in [2.24, 2.45) is 0 Å². The quantitative estimate of drug-likeness (QED) is 0.679. The van der Waals surface area contributed by atoms with Crippen LogP contribution in [0.2, 0.25) is 0 Å². The van der Waals surface area contributed by atoms with Crippen molar-refractivity contribution in [3.8, 4) is 0 Å². The number of rotatable bonds is 1. The highest BCUT2D eigenvalue weighted by Gasteiger charge is 2.18. The number of aryl methyl sites for hydroxylation is 3. The summed E-state index contributed by atoms with van der Waals surface area (Å²) in [5, 5.41) is 3.37. The lowest BCUT2D eigenvalue weighted by molar-refractivity contribution is 1.29. The third-order valence-corrected chi connectivity index (χ3v) is 2.84. The largest absolute Gasteiger partial charge is 0.427 e. The molecule has 0 spiro atoms. The Hall–Kier alpha value is -1.44. The fourth-order valence-corrected chi connectivity index (χ4v) is 2.31. The van der Waals surface area contributed by atoms with E-state index in [4.69, 9.17) is 0 Å². The molecule has 0 saturated carbocycles. The average Bonchev–Trinajstić information content (AvgIpc) is 2.17. The van der Waals surface area contributed by atoms with Crippen molar-refractivity contribution in [3.63, 3.8) is 0 Å². The molecule has 0 saturated heterocycles. The minimum absolute atomic E-state index is 0.329. The van der Waals surface area contributed by atoms with Gasteiger partial charge in [0.2, 0.25) is 0 Å². The molecule has 0 radical (unpaired) electrons. The van der Waals surface area contributed by atoms with Gasteiger partial charge in [0, 0.05) is 0 Å². The lowest BCUT2D eigenvalue weighted by atomic mass is 9.53. The molecule has 0 fully saturated rings. The minimum atomic E-state index is 0.329. The fourth-order valence-electron chi connectivity index (χ4n) is 2.31. The highest BCUT2D eigenvalue weighted by Crippen LogP contribution is 2.08. The van der Waals surface area contributed by atoms with Gasteiger partial charge in [0.25, 0.3) is 0 Å². The van der Waals surface area contributed by atoms with Crippen LogP contribution in [0.5, 0.6) is 0 Å². The maximum atomic E-state index is 3.37. The van der Waals surface area contributed by atoms with Crippen LogP contribution in [-0.4, -0.2) is 6.85 Å². The summed E-state index contributed by atoms with van der Waals surface area (Å²) >= 11 is 0. The lowest BCUT2D eigenvalue weighted by Gasteiger charge is -2.18. The van der Waals surface area contributed by atoms with Crippen molar-refractivity contribution in [2.45, 2.75) is 20.8 Å². The molecular weight excluding hydrogens is 181 g/mol. The number of hydrogen-bond acceptors (Lipinski definition) is 1. The zero-order valence-electron chi connectivity index (χ0n) is 9.54. The number of hydrogen-bond donors (Lipinski definition) is 1. The summed E-state index contributed by atoms with van der Waals surface area (Å²) in [6.07, 6.45) is 6.12. The molecule has 1 aliphatic rings. The molecule has 1 N–H and O–H groups in total. The number of nitrogens with one attached hydrogen (secondary N) is 1. The molecule has 0 unspecified atom stereocenters. The van der Waals surface area contributed by atoms with Crippen molar-refractivity contribution < 1.29 is 0 Å². The molecule has 1 aliphatic heterocycles. The third-order valence-electron chi connectivity index (χ3n) is 2.84. The standard InChI is InChI=1S/C13H16BN/c1-10-8-11(2)13(12(3)9-10)14-6-4-5-7-15-14/h4-9,15H,1-3H3. The molecule has 0 atom stereocenters. The van der Waals surface area contributed by atoms with Crippen LogP contribution in [0.3, 0.4) is 0 Å². The Bertz CT molecular complexity index is 409. The van der Waals surface area contributed by atoms with Gasteiger partial charge in [-0.05, 0) is 38.5 Å². The van der Waals surface area contributed by atoms with E-state index in [0.29, 0.717) is 6.85 Å². The highest BCUT2D eigenvalue weighted by atomic mass is 14.7. The topological polar surface area (TPSA) is 12.0 Å². The number of allylic oxidation sites excluding steroid dienone is 2. The highest BCUT2D eigenvalue weighted by molar-refractivity contribution is 6.76. The second-order valence-electron chi connectivity index (χ2n) is 4.20. The Kier molecular flexibility index (Phi) is 2.67. The summed E-state index contributed by atoms with van der Waals surface area (Å²) in [6, 6.07) is 4.49.